The zero-order valence-electron chi connectivity index (χ0n) is 14.8. The molecule has 0 spiro atoms. The number of ether oxygens (including phenoxy) is 2. The number of benzene rings is 2. The van der Waals surface area contributed by atoms with Crippen LogP contribution in [0.5, 0.6) is 0 Å². The van der Waals surface area contributed by atoms with Crippen molar-refractivity contribution in [1.82, 2.24) is 0 Å². The molecular weight excluding hydrogens is 353 g/mol. The average Bonchev–Trinajstić information content (AvgIpc) is 2.66. The topological polar surface area (TPSA) is 81.7 Å². The van der Waals surface area contributed by atoms with E-state index in [2.05, 4.69) is 10.1 Å². The highest BCUT2D eigenvalue weighted by Gasteiger charge is 2.16. The molecule has 140 valence electrons. The van der Waals surface area contributed by atoms with Gasteiger partial charge in [0, 0.05) is 11.8 Å². The molecule has 0 saturated carbocycles. The third-order valence-corrected chi connectivity index (χ3v) is 3.50. The molecule has 1 atom stereocenters. The standard InChI is InChI=1S/C20H18FNO5/c1-13(19(24)22-17-5-3-4-16(21)12-17)27-18(23)11-8-14-6-9-15(10-7-14)20(25)26-2/h3-13H,1-2H3,(H,22,24)/b11-8+/t13-/m1/s1. The molecule has 2 aromatic carbocycles. The van der Waals surface area contributed by atoms with Crippen LogP contribution < -0.4 is 5.32 Å². The summed E-state index contributed by atoms with van der Waals surface area (Å²) in [7, 11) is 1.29. The van der Waals surface area contributed by atoms with Crippen molar-refractivity contribution in [2.45, 2.75) is 13.0 Å². The molecule has 1 amide bonds. The van der Waals surface area contributed by atoms with Crippen molar-refractivity contribution in [1.29, 1.82) is 0 Å². The summed E-state index contributed by atoms with van der Waals surface area (Å²) in [5.74, 6) is -2.24. The van der Waals surface area contributed by atoms with Crippen LogP contribution in [0.15, 0.2) is 54.6 Å². The molecule has 0 fully saturated rings. The monoisotopic (exact) mass is 371 g/mol. The lowest BCUT2D eigenvalue weighted by Gasteiger charge is -2.12. The average molecular weight is 371 g/mol. The van der Waals surface area contributed by atoms with Crippen molar-refractivity contribution in [3.05, 3.63) is 71.6 Å². The number of anilines is 1. The van der Waals surface area contributed by atoms with Gasteiger partial charge >= 0.3 is 11.9 Å². The predicted octanol–water partition coefficient (Wildman–Crippen LogP) is 3.20. The number of hydrogen-bond donors (Lipinski definition) is 1. The Bertz CT molecular complexity index is 861. The van der Waals surface area contributed by atoms with Crippen LogP contribution in [0.2, 0.25) is 0 Å². The highest BCUT2D eigenvalue weighted by molar-refractivity contribution is 5.96. The second-order valence-corrected chi connectivity index (χ2v) is 5.53. The van der Waals surface area contributed by atoms with E-state index >= 15 is 0 Å². The van der Waals surface area contributed by atoms with Gasteiger partial charge in [-0.2, -0.15) is 0 Å². The summed E-state index contributed by atoms with van der Waals surface area (Å²) in [5.41, 5.74) is 1.32. The summed E-state index contributed by atoms with van der Waals surface area (Å²) in [6.07, 6.45) is 1.59. The quantitative estimate of drug-likeness (QED) is 0.623. The lowest BCUT2D eigenvalue weighted by atomic mass is 10.1. The second kappa shape index (κ2) is 9.28. The lowest BCUT2D eigenvalue weighted by molar-refractivity contribution is -0.148. The fourth-order valence-electron chi connectivity index (χ4n) is 2.09. The van der Waals surface area contributed by atoms with E-state index in [1.165, 1.54) is 44.4 Å². The van der Waals surface area contributed by atoms with Crippen molar-refractivity contribution < 1.29 is 28.2 Å². The molecule has 0 unspecified atom stereocenters. The summed E-state index contributed by atoms with van der Waals surface area (Å²) in [6.45, 7) is 1.41. The zero-order chi connectivity index (χ0) is 19.8. The Balaban J connectivity index is 1.89. The van der Waals surface area contributed by atoms with Crippen LogP contribution in [0.4, 0.5) is 10.1 Å². The van der Waals surface area contributed by atoms with Crippen LogP contribution in [0.1, 0.15) is 22.8 Å². The van der Waals surface area contributed by atoms with Gasteiger partial charge in [-0.05, 0) is 48.9 Å². The molecule has 0 aliphatic carbocycles. The molecule has 1 N–H and O–H groups in total. The molecule has 0 saturated heterocycles. The third kappa shape index (κ3) is 6.07. The van der Waals surface area contributed by atoms with Crippen LogP contribution in [-0.4, -0.2) is 31.1 Å². The fourth-order valence-corrected chi connectivity index (χ4v) is 2.09. The summed E-state index contributed by atoms with van der Waals surface area (Å²) in [4.78, 5) is 35.2. The molecule has 2 rings (SSSR count). The number of carbonyl (C=O) groups is 3. The maximum atomic E-state index is 13.1. The van der Waals surface area contributed by atoms with E-state index in [-0.39, 0.29) is 5.69 Å². The molecule has 7 heteroatoms. The highest BCUT2D eigenvalue weighted by Crippen LogP contribution is 2.11. The van der Waals surface area contributed by atoms with Crippen molar-refractivity contribution in [3.63, 3.8) is 0 Å². The van der Waals surface area contributed by atoms with E-state index in [1.807, 2.05) is 0 Å². The number of halogens is 1. The molecule has 0 heterocycles. The maximum absolute atomic E-state index is 13.1. The summed E-state index contributed by atoms with van der Waals surface area (Å²) >= 11 is 0. The Kier molecular flexibility index (Phi) is 6.82. The first-order valence-corrected chi connectivity index (χ1v) is 8.02. The Morgan fingerprint density at radius 2 is 1.81 bits per heavy atom. The van der Waals surface area contributed by atoms with Gasteiger partial charge < -0.3 is 14.8 Å². The minimum Gasteiger partial charge on any atom is -0.465 e. The first-order valence-electron chi connectivity index (χ1n) is 8.02. The van der Waals surface area contributed by atoms with Gasteiger partial charge in [0.05, 0.1) is 12.7 Å². The number of hydrogen-bond acceptors (Lipinski definition) is 5. The highest BCUT2D eigenvalue weighted by atomic mass is 19.1. The Morgan fingerprint density at radius 3 is 2.44 bits per heavy atom. The van der Waals surface area contributed by atoms with E-state index < -0.39 is 29.8 Å². The van der Waals surface area contributed by atoms with Crippen LogP contribution in [0, 0.1) is 5.82 Å². The number of amides is 1. The zero-order valence-corrected chi connectivity index (χ0v) is 14.8. The third-order valence-electron chi connectivity index (χ3n) is 3.50. The van der Waals surface area contributed by atoms with Crippen LogP contribution >= 0.6 is 0 Å². The Morgan fingerprint density at radius 1 is 1.11 bits per heavy atom. The Hall–Kier alpha value is -3.48. The summed E-state index contributed by atoms with van der Waals surface area (Å²) in [5, 5.41) is 2.46. The first kappa shape index (κ1) is 19.8. The van der Waals surface area contributed by atoms with E-state index in [4.69, 9.17) is 4.74 Å². The van der Waals surface area contributed by atoms with Gasteiger partial charge in [0.1, 0.15) is 5.82 Å². The van der Waals surface area contributed by atoms with Crippen molar-refractivity contribution in [3.8, 4) is 0 Å². The van der Waals surface area contributed by atoms with Gasteiger partial charge in [0.2, 0.25) is 0 Å². The first-order chi connectivity index (χ1) is 12.9. The smallest absolute Gasteiger partial charge is 0.337 e. The summed E-state index contributed by atoms with van der Waals surface area (Å²) in [6, 6.07) is 11.8. The minimum absolute atomic E-state index is 0.268. The van der Waals surface area contributed by atoms with Gasteiger partial charge in [-0.25, -0.2) is 14.0 Å². The summed E-state index contributed by atoms with van der Waals surface area (Å²) < 4.78 is 22.7. The van der Waals surface area contributed by atoms with E-state index in [0.29, 0.717) is 11.1 Å². The van der Waals surface area contributed by atoms with Gasteiger partial charge in [-0.1, -0.05) is 18.2 Å². The molecule has 27 heavy (non-hydrogen) atoms. The Labute approximate surface area is 155 Å². The maximum Gasteiger partial charge on any atom is 0.337 e. The molecule has 6 nitrogen and oxygen atoms in total. The lowest BCUT2D eigenvalue weighted by Crippen LogP contribution is -2.29. The van der Waals surface area contributed by atoms with E-state index in [9.17, 15) is 18.8 Å². The van der Waals surface area contributed by atoms with Gasteiger partial charge in [-0.15, -0.1) is 0 Å². The molecule has 0 radical (unpaired) electrons. The number of esters is 2. The fraction of sp³-hybridized carbons (Fsp3) is 0.150. The molecular formula is C20H18FNO5. The molecule has 0 aromatic heterocycles. The molecule has 0 bridgehead atoms. The molecule has 0 aliphatic heterocycles. The number of rotatable bonds is 6. The van der Waals surface area contributed by atoms with Gasteiger partial charge in [0.15, 0.2) is 6.10 Å². The minimum atomic E-state index is -1.06. The molecule has 0 aliphatic rings. The number of methoxy groups -OCH3 is 1. The second-order valence-electron chi connectivity index (χ2n) is 5.53. The van der Waals surface area contributed by atoms with E-state index in [1.54, 1.807) is 24.3 Å². The predicted molar refractivity (Wildman–Crippen MR) is 97.4 cm³/mol. The van der Waals surface area contributed by atoms with Crippen molar-refractivity contribution in [2.75, 3.05) is 12.4 Å². The van der Waals surface area contributed by atoms with E-state index in [0.717, 1.165) is 6.07 Å². The van der Waals surface area contributed by atoms with Crippen molar-refractivity contribution >= 4 is 29.6 Å². The van der Waals surface area contributed by atoms with Gasteiger partial charge in [0.25, 0.3) is 5.91 Å². The van der Waals surface area contributed by atoms with Crippen molar-refractivity contribution in [2.24, 2.45) is 0 Å². The largest absolute Gasteiger partial charge is 0.465 e. The molecule has 2 aromatic rings. The number of carbonyl (C=O) groups excluding carboxylic acids is 3. The SMILES string of the molecule is COC(=O)c1ccc(/C=C/C(=O)O[C@H](C)C(=O)Nc2cccc(F)c2)cc1. The number of nitrogens with one attached hydrogen (secondary N) is 1. The van der Waals surface area contributed by atoms with Crippen LogP contribution in [0.25, 0.3) is 6.08 Å². The van der Waals surface area contributed by atoms with Crippen LogP contribution in [0.3, 0.4) is 0 Å². The van der Waals surface area contributed by atoms with Gasteiger partial charge in [-0.3, -0.25) is 4.79 Å². The van der Waals surface area contributed by atoms with Crippen LogP contribution in [-0.2, 0) is 19.1 Å². The normalized spacial score (nSPS) is 11.7.